The average Bonchev–Trinajstić information content (AvgIpc) is 2.75. The Morgan fingerprint density at radius 3 is 2.86 bits per heavy atom. The summed E-state index contributed by atoms with van der Waals surface area (Å²) in [6.07, 6.45) is 0.00339. The van der Waals surface area contributed by atoms with Crippen molar-refractivity contribution in [3.05, 3.63) is 18.2 Å². The molecule has 0 spiro atoms. The van der Waals surface area contributed by atoms with Crippen molar-refractivity contribution in [2.45, 2.75) is 26.4 Å². The first-order valence-corrected chi connectivity index (χ1v) is 7.47. The fourth-order valence-corrected chi connectivity index (χ4v) is 2.50. The summed E-state index contributed by atoms with van der Waals surface area (Å²) in [5, 5.41) is 1.59. The number of aldehydes is 1. The molecule has 0 saturated carbocycles. The first-order chi connectivity index (χ1) is 10.3. The van der Waals surface area contributed by atoms with E-state index >= 15 is 0 Å². The van der Waals surface area contributed by atoms with Crippen molar-refractivity contribution in [2.24, 2.45) is 0 Å². The van der Waals surface area contributed by atoms with Gasteiger partial charge in [0.25, 0.3) is 0 Å². The molecule has 0 unspecified atom stereocenters. The van der Waals surface area contributed by atoms with Gasteiger partial charge in [-0.25, -0.2) is 14.8 Å². The van der Waals surface area contributed by atoms with Crippen LogP contribution >= 0.6 is 11.3 Å². The lowest BCUT2D eigenvalue weighted by Gasteiger charge is -2.26. The van der Waals surface area contributed by atoms with Crippen LogP contribution in [0.3, 0.4) is 0 Å². The standard InChI is InChI=1S/C14H18N4O3S/c1-14(2,3)21-13(20)18(6-7-19)17-9-4-5-10-11(8-9)22-12(15)16-10/h4-5,7-8,17H,6H2,1-3H3,(H2,15,16). The average molecular weight is 322 g/mol. The van der Waals surface area contributed by atoms with E-state index in [2.05, 4.69) is 10.4 Å². The molecule has 0 atom stereocenters. The molecule has 8 heteroatoms. The molecular weight excluding hydrogens is 304 g/mol. The number of nitrogens with two attached hydrogens (primary N) is 1. The Labute approximate surface area is 132 Å². The summed E-state index contributed by atoms with van der Waals surface area (Å²) < 4.78 is 6.14. The fraction of sp³-hybridized carbons (Fsp3) is 0.357. The molecule has 2 rings (SSSR count). The fourth-order valence-electron chi connectivity index (χ4n) is 1.73. The molecule has 118 valence electrons. The molecule has 0 fully saturated rings. The summed E-state index contributed by atoms with van der Waals surface area (Å²) >= 11 is 1.35. The SMILES string of the molecule is CC(C)(C)OC(=O)N(CC=O)Nc1ccc2nc(N)sc2c1. The molecule has 2 aromatic rings. The van der Waals surface area contributed by atoms with Crippen molar-refractivity contribution in [3.63, 3.8) is 0 Å². The zero-order chi connectivity index (χ0) is 16.3. The minimum atomic E-state index is -0.643. The van der Waals surface area contributed by atoms with Gasteiger partial charge in [0.05, 0.1) is 15.9 Å². The van der Waals surface area contributed by atoms with Gasteiger partial charge >= 0.3 is 6.09 Å². The van der Waals surface area contributed by atoms with Crippen molar-refractivity contribution < 1.29 is 14.3 Å². The molecule has 1 aromatic heterocycles. The lowest BCUT2D eigenvalue weighted by atomic mass is 10.2. The smallest absolute Gasteiger partial charge is 0.429 e. The third-order valence-corrected chi connectivity index (χ3v) is 3.39. The lowest BCUT2D eigenvalue weighted by Crippen LogP contribution is -2.41. The van der Waals surface area contributed by atoms with Crippen molar-refractivity contribution in [3.8, 4) is 0 Å². The number of hydrogen-bond acceptors (Lipinski definition) is 7. The number of carbonyl (C=O) groups excluding carboxylic acids is 2. The van der Waals surface area contributed by atoms with E-state index < -0.39 is 11.7 Å². The maximum Gasteiger partial charge on any atom is 0.429 e. The van der Waals surface area contributed by atoms with Gasteiger partial charge in [0.15, 0.2) is 5.13 Å². The van der Waals surface area contributed by atoms with E-state index in [0.29, 0.717) is 17.1 Å². The van der Waals surface area contributed by atoms with Crippen LogP contribution in [0.15, 0.2) is 18.2 Å². The van der Waals surface area contributed by atoms with Gasteiger partial charge in [0, 0.05) is 0 Å². The van der Waals surface area contributed by atoms with Crippen molar-refractivity contribution >= 4 is 44.8 Å². The number of anilines is 2. The van der Waals surface area contributed by atoms with Crippen LogP contribution in [-0.2, 0) is 9.53 Å². The highest BCUT2D eigenvalue weighted by molar-refractivity contribution is 7.22. The number of benzene rings is 1. The Kier molecular flexibility index (Phi) is 4.51. The van der Waals surface area contributed by atoms with Gasteiger partial charge in [-0.3, -0.25) is 5.43 Å². The summed E-state index contributed by atoms with van der Waals surface area (Å²) in [5.74, 6) is 0. The lowest BCUT2D eigenvalue weighted by molar-refractivity contribution is -0.108. The maximum atomic E-state index is 12.1. The number of hydrazine groups is 1. The largest absolute Gasteiger partial charge is 0.442 e. The van der Waals surface area contributed by atoms with Crippen molar-refractivity contribution in [1.29, 1.82) is 0 Å². The van der Waals surface area contributed by atoms with E-state index in [0.717, 1.165) is 15.2 Å². The molecule has 7 nitrogen and oxygen atoms in total. The van der Waals surface area contributed by atoms with Gasteiger partial charge in [-0.2, -0.15) is 0 Å². The van der Waals surface area contributed by atoms with Crippen LogP contribution in [0, 0.1) is 0 Å². The third-order valence-electron chi connectivity index (χ3n) is 2.54. The van der Waals surface area contributed by atoms with E-state index in [4.69, 9.17) is 10.5 Å². The number of nitrogen functional groups attached to an aromatic ring is 1. The summed E-state index contributed by atoms with van der Waals surface area (Å²) in [4.78, 5) is 27.0. The van der Waals surface area contributed by atoms with Crippen LogP contribution < -0.4 is 11.2 Å². The van der Waals surface area contributed by atoms with Crippen molar-refractivity contribution in [1.82, 2.24) is 9.99 Å². The number of ether oxygens (including phenoxy) is 1. The summed E-state index contributed by atoms with van der Waals surface area (Å²) in [5.41, 5.74) is 9.32. The third kappa shape index (κ3) is 4.08. The predicted octanol–water partition coefficient (Wildman–Crippen LogP) is 2.64. The Morgan fingerprint density at radius 1 is 1.50 bits per heavy atom. The Bertz CT molecular complexity index is 693. The molecular formula is C14H18N4O3S. The maximum absolute atomic E-state index is 12.1. The van der Waals surface area contributed by atoms with E-state index in [1.54, 1.807) is 32.9 Å². The normalized spacial score (nSPS) is 11.2. The number of rotatable bonds is 4. The van der Waals surface area contributed by atoms with Crippen molar-refractivity contribution in [2.75, 3.05) is 17.7 Å². The van der Waals surface area contributed by atoms with Crippen LogP contribution in [0.1, 0.15) is 20.8 Å². The molecule has 1 aromatic carbocycles. The molecule has 1 amide bonds. The first kappa shape index (κ1) is 16.0. The van der Waals surface area contributed by atoms with Gasteiger partial charge in [-0.05, 0) is 39.0 Å². The molecule has 0 aliphatic carbocycles. The van der Waals surface area contributed by atoms with E-state index in [-0.39, 0.29) is 6.54 Å². The highest BCUT2D eigenvalue weighted by Gasteiger charge is 2.22. The summed E-state index contributed by atoms with van der Waals surface area (Å²) in [6, 6.07) is 5.36. The number of carbonyl (C=O) groups is 2. The second kappa shape index (κ2) is 6.18. The highest BCUT2D eigenvalue weighted by atomic mass is 32.1. The molecule has 1 heterocycles. The van der Waals surface area contributed by atoms with Gasteiger partial charge in [0.2, 0.25) is 0 Å². The molecule has 0 radical (unpaired) electrons. The van der Waals surface area contributed by atoms with E-state index in [1.807, 2.05) is 6.07 Å². The number of hydrogen-bond donors (Lipinski definition) is 2. The second-order valence-corrected chi connectivity index (χ2v) is 6.67. The number of thiazole rings is 1. The predicted molar refractivity (Wildman–Crippen MR) is 86.7 cm³/mol. The minimum Gasteiger partial charge on any atom is -0.442 e. The Morgan fingerprint density at radius 2 is 2.23 bits per heavy atom. The first-order valence-electron chi connectivity index (χ1n) is 6.65. The molecule has 0 bridgehead atoms. The van der Waals surface area contributed by atoms with Gasteiger partial charge in [-0.15, -0.1) is 0 Å². The zero-order valence-corrected chi connectivity index (χ0v) is 13.4. The molecule has 0 aliphatic rings. The van der Waals surface area contributed by atoms with E-state index in [9.17, 15) is 9.59 Å². The van der Waals surface area contributed by atoms with E-state index in [1.165, 1.54) is 11.3 Å². The quantitative estimate of drug-likeness (QED) is 0.663. The summed E-state index contributed by atoms with van der Waals surface area (Å²) in [7, 11) is 0. The number of aromatic nitrogens is 1. The molecule has 0 saturated heterocycles. The van der Waals surface area contributed by atoms with Gasteiger partial charge < -0.3 is 15.3 Å². The topological polar surface area (TPSA) is 97.5 Å². The number of nitrogens with zero attached hydrogens (tertiary/aromatic N) is 2. The Balaban J connectivity index is 2.17. The molecule has 22 heavy (non-hydrogen) atoms. The van der Waals surface area contributed by atoms with Crippen LogP contribution in [0.4, 0.5) is 15.6 Å². The summed E-state index contributed by atoms with van der Waals surface area (Å²) in [6.45, 7) is 5.15. The van der Waals surface area contributed by atoms with Gasteiger partial charge in [0.1, 0.15) is 18.4 Å². The monoisotopic (exact) mass is 322 g/mol. The van der Waals surface area contributed by atoms with Crippen LogP contribution in [0.25, 0.3) is 10.2 Å². The highest BCUT2D eigenvalue weighted by Crippen LogP contribution is 2.26. The number of fused-ring (bicyclic) bond motifs is 1. The minimum absolute atomic E-state index is 0.127. The Hall–Kier alpha value is -2.35. The number of nitrogens with one attached hydrogen (secondary N) is 1. The number of amides is 1. The molecule has 0 aliphatic heterocycles. The second-order valence-electron chi connectivity index (χ2n) is 5.60. The molecule has 3 N–H and O–H groups in total. The van der Waals surface area contributed by atoms with Crippen LogP contribution in [0.2, 0.25) is 0 Å². The zero-order valence-electron chi connectivity index (χ0n) is 12.6. The van der Waals surface area contributed by atoms with Gasteiger partial charge in [-0.1, -0.05) is 11.3 Å². The van der Waals surface area contributed by atoms with Crippen LogP contribution in [0.5, 0.6) is 0 Å². The van der Waals surface area contributed by atoms with Crippen LogP contribution in [-0.4, -0.2) is 34.5 Å².